The zero-order valence-corrected chi connectivity index (χ0v) is 11.0. The first-order valence-electron chi connectivity index (χ1n) is 5.97. The number of nitrogens with one attached hydrogen (secondary N) is 1. The Kier molecular flexibility index (Phi) is 4.51. The molecule has 0 unspecified atom stereocenters. The van der Waals surface area contributed by atoms with E-state index in [1.807, 2.05) is 0 Å². The third kappa shape index (κ3) is 3.05. The molecule has 0 aliphatic carbocycles. The summed E-state index contributed by atoms with van der Waals surface area (Å²) in [6, 6.07) is -0.864. The van der Waals surface area contributed by atoms with Crippen LogP contribution in [0.2, 0.25) is 5.02 Å². The summed E-state index contributed by atoms with van der Waals surface area (Å²) >= 11 is 5.56. The van der Waals surface area contributed by atoms with Crippen molar-refractivity contribution in [2.24, 2.45) is 0 Å². The molecule has 2 nitrogen and oxygen atoms in total. The predicted molar refractivity (Wildman–Crippen MR) is 64.6 cm³/mol. The van der Waals surface area contributed by atoms with Crippen molar-refractivity contribution in [3.63, 3.8) is 0 Å². The van der Waals surface area contributed by atoms with Gasteiger partial charge in [-0.05, 0) is 12.1 Å². The van der Waals surface area contributed by atoms with E-state index in [0.29, 0.717) is 25.2 Å². The van der Waals surface area contributed by atoms with E-state index in [1.54, 1.807) is 0 Å². The lowest BCUT2D eigenvalue weighted by Gasteiger charge is -2.36. The molecule has 1 heterocycles. The molecule has 1 fully saturated rings. The van der Waals surface area contributed by atoms with E-state index in [0.717, 1.165) is 4.90 Å². The molecule has 20 heavy (non-hydrogen) atoms. The Hall–Kier alpha value is -0.920. The summed E-state index contributed by atoms with van der Waals surface area (Å²) in [6.07, 6.45) is -4.74. The lowest BCUT2D eigenvalue weighted by atomic mass is 10.0. The highest BCUT2D eigenvalue weighted by Gasteiger charge is 2.47. The van der Waals surface area contributed by atoms with Crippen molar-refractivity contribution in [3.05, 3.63) is 34.4 Å². The van der Waals surface area contributed by atoms with Gasteiger partial charge in [0.05, 0.1) is 5.02 Å². The maximum absolute atomic E-state index is 13.8. The van der Waals surface area contributed by atoms with Gasteiger partial charge in [-0.15, -0.1) is 0 Å². The van der Waals surface area contributed by atoms with Gasteiger partial charge in [0.1, 0.15) is 17.7 Å². The SMILES string of the molecule is Fc1ccc(F)c([C@@H](N2CCNCC2)C(F)(F)F)c1Cl. The summed E-state index contributed by atoms with van der Waals surface area (Å²) < 4.78 is 67.0. The summed E-state index contributed by atoms with van der Waals surface area (Å²) in [5.74, 6) is -2.22. The number of rotatable bonds is 2. The molecule has 1 aromatic carbocycles. The first-order valence-corrected chi connectivity index (χ1v) is 6.35. The van der Waals surface area contributed by atoms with Crippen LogP contribution in [0.5, 0.6) is 0 Å². The molecule has 2 rings (SSSR count). The van der Waals surface area contributed by atoms with E-state index >= 15 is 0 Å². The second-order valence-electron chi connectivity index (χ2n) is 4.49. The topological polar surface area (TPSA) is 15.3 Å². The van der Waals surface area contributed by atoms with Crippen LogP contribution in [-0.4, -0.2) is 37.3 Å². The van der Waals surface area contributed by atoms with Crippen molar-refractivity contribution in [1.82, 2.24) is 10.2 Å². The van der Waals surface area contributed by atoms with Gasteiger partial charge in [0.2, 0.25) is 0 Å². The molecule has 0 bridgehead atoms. The Morgan fingerprint density at radius 1 is 1.10 bits per heavy atom. The van der Waals surface area contributed by atoms with E-state index in [-0.39, 0.29) is 13.1 Å². The van der Waals surface area contributed by atoms with Crippen LogP contribution >= 0.6 is 11.6 Å². The van der Waals surface area contributed by atoms with Crippen LogP contribution in [0.4, 0.5) is 22.0 Å². The minimum atomic E-state index is -4.74. The molecule has 1 N–H and O–H groups in total. The summed E-state index contributed by atoms with van der Waals surface area (Å²) in [5.41, 5.74) is -0.846. The standard InChI is InChI=1S/C12H12ClF5N2/c13-10-8(15)2-1-7(14)9(10)11(12(16,17)18)20-5-3-19-4-6-20/h1-2,11,19H,3-6H2/t11-/m1/s1. The number of nitrogens with zero attached hydrogens (tertiary/aromatic N) is 1. The van der Waals surface area contributed by atoms with Crippen molar-refractivity contribution in [1.29, 1.82) is 0 Å². The van der Waals surface area contributed by atoms with Crippen LogP contribution < -0.4 is 5.32 Å². The van der Waals surface area contributed by atoms with Crippen LogP contribution in [0, 0.1) is 11.6 Å². The molecule has 1 saturated heterocycles. The van der Waals surface area contributed by atoms with Crippen molar-refractivity contribution in [2.45, 2.75) is 12.2 Å². The van der Waals surface area contributed by atoms with Crippen molar-refractivity contribution >= 4 is 11.6 Å². The second-order valence-corrected chi connectivity index (χ2v) is 4.86. The third-order valence-corrected chi connectivity index (χ3v) is 3.56. The van der Waals surface area contributed by atoms with E-state index in [9.17, 15) is 22.0 Å². The summed E-state index contributed by atoms with van der Waals surface area (Å²) in [6.45, 7) is 0.856. The molecule has 1 aromatic rings. The van der Waals surface area contributed by atoms with E-state index in [2.05, 4.69) is 5.32 Å². The number of hydrogen-bond acceptors (Lipinski definition) is 2. The Balaban J connectivity index is 2.49. The van der Waals surface area contributed by atoms with Crippen molar-refractivity contribution in [2.75, 3.05) is 26.2 Å². The monoisotopic (exact) mass is 314 g/mol. The van der Waals surface area contributed by atoms with Crippen LogP contribution in [0.3, 0.4) is 0 Å². The van der Waals surface area contributed by atoms with Crippen molar-refractivity contribution < 1.29 is 22.0 Å². The minimum absolute atomic E-state index is 0.0798. The average Bonchev–Trinajstić information content (AvgIpc) is 2.39. The fourth-order valence-corrected chi connectivity index (χ4v) is 2.54. The second kappa shape index (κ2) is 5.83. The molecule has 0 saturated carbocycles. The van der Waals surface area contributed by atoms with Gasteiger partial charge in [-0.1, -0.05) is 11.6 Å². The molecule has 0 radical (unpaired) electrons. The Labute approximate surface area is 117 Å². The smallest absolute Gasteiger partial charge is 0.314 e. The third-order valence-electron chi connectivity index (χ3n) is 3.18. The predicted octanol–water partition coefficient (Wildman–Crippen LogP) is 3.13. The van der Waals surface area contributed by atoms with E-state index < -0.39 is 34.4 Å². The summed E-state index contributed by atoms with van der Waals surface area (Å²) in [7, 11) is 0. The Morgan fingerprint density at radius 3 is 2.20 bits per heavy atom. The van der Waals surface area contributed by atoms with Gasteiger partial charge in [0, 0.05) is 31.7 Å². The number of hydrogen-bond donors (Lipinski definition) is 1. The molecule has 1 aliphatic heterocycles. The molecule has 0 amide bonds. The van der Waals surface area contributed by atoms with Crippen molar-refractivity contribution in [3.8, 4) is 0 Å². The number of piperazine rings is 1. The minimum Gasteiger partial charge on any atom is -0.314 e. The number of alkyl halides is 3. The fourth-order valence-electron chi connectivity index (χ4n) is 2.29. The Morgan fingerprint density at radius 2 is 1.65 bits per heavy atom. The highest BCUT2D eigenvalue weighted by molar-refractivity contribution is 6.31. The maximum atomic E-state index is 13.8. The highest BCUT2D eigenvalue weighted by Crippen LogP contribution is 2.42. The zero-order valence-electron chi connectivity index (χ0n) is 10.3. The van der Waals surface area contributed by atoms with Crippen LogP contribution in [0.15, 0.2) is 12.1 Å². The molecule has 0 aromatic heterocycles. The van der Waals surface area contributed by atoms with Gasteiger partial charge in [-0.2, -0.15) is 13.2 Å². The lowest BCUT2D eigenvalue weighted by Crippen LogP contribution is -2.49. The molecule has 1 atom stereocenters. The molecule has 112 valence electrons. The summed E-state index contributed by atoms with van der Waals surface area (Å²) in [5, 5.41) is 2.09. The molecule has 0 spiro atoms. The van der Waals surface area contributed by atoms with Crippen LogP contribution in [0.25, 0.3) is 0 Å². The quantitative estimate of drug-likeness (QED) is 0.666. The van der Waals surface area contributed by atoms with Gasteiger partial charge < -0.3 is 5.32 Å². The first-order chi connectivity index (χ1) is 9.32. The zero-order chi connectivity index (χ0) is 14.9. The average molecular weight is 315 g/mol. The maximum Gasteiger partial charge on any atom is 0.408 e. The highest BCUT2D eigenvalue weighted by atomic mass is 35.5. The number of halogens is 6. The number of benzene rings is 1. The largest absolute Gasteiger partial charge is 0.408 e. The lowest BCUT2D eigenvalue weighted by molar-refractivity contribution is -0.188. The Bertz CT molecular complexity index is 485. The summed E-state index contributed by atoms with van der Waals surface area (Å²) in [4.78, 5) is 1.06. The molecule has 1 aliphatic rings. The normalized spacial score (nSPS) is 19.1. The van der Waals surface area contributed by atoms with E-state index in [4.69, 9.17) is 11.6 Å². The van der Waals surface area contributed by atoms with Gasteiger partial charge in [0.15, 0.2) is 0 Å². The van der Waals surface area contributed by atoms with Gasteiger partial charge in [-0.25, -0.2) is 8.78 Å². The molecular formula is C12H12ClF5N2. The van der Waals surface area contributed by atoms with E-state index in [1.165, 1.54) is 0 Å². The van der Waals surface area contributed by atoms with Crippen LogP contribution in [0.1, 0.15) is 11.6 Å². The first kappa shape index (κ1) is 15.5. The van der Waals surface area contributed by atoms with Gasteiger partial charge >= 0.3 is 6.18 Å². The van der Waals surface area contributed by atoms with Gasteiger partial charge in [-0.3, -0.25) is 4.90 Å². The van der Waals surface area contributed by atoms with Crippen LogP contribution in [-0.2, 0) is 0 Å². The molecular weight excluding hydrogens is 303 g/mol. The van der Waals surface area contributed by atoms with Gasteiger partial charge in [0.25, 0.3) is 0 Å². The molecule has 8 heteroatoms. The fraction of sp³-hybridized carbons (Fsp3) is 0.500.